The molecule has 0 spiro atoms. The first-order valence-electron chi connectivity index (χ1n) is 9.13. The molecule has 26 heavy (non-hydrogen) atoms. The van der Waals surface area contributed by atoms with Crippen LogP contribution in [-0.4, -0.2) is 29.5 Å². The zero-order valence-corrected chi connectivity index (χ0v) is 15.3. The maximum atomic E-state index is 12.5. The second kappa shape index (κ2) is 8.05. The number of carbonyl (C=O) groups is 1. The van der Waals surface area contributed by atoms with Crippen molar-refractivity contribution >= 4 is 5.91 Å². The number of nitriles is 1. The van der Waals surface area contributed by atoms with Crippen LogP contribution in [0.15, 0.2) is 48.5 Å². The van der Waals surface area contributed by atoms with Crippen molar-refractivity contribution in [3.05, 3.63) is 54.1 Å². The lowest BCUT2D eigenvalue weighted by Gasteiger charge is -2.38. The molecule has 0 radical (unpaired) electrons. The summed E-state index contributed by atoms with van der Waals surface area (Å²) < 4.78 is 5.71. The van der Waals surface area contributed by atoms with Gasteiger partial charge >= 0.3 is 0 Å². The fourth-order valence-electron chi connectivity index (χ4n) is 3.61. The van der Waals surface area contributed by atoms with Gasteiger partial charge in [0.05, 0.1) is 11.6 Å². The van der Waals surface area contributed by atoms with E-state index in [0.717, 1.165) is 24.0 Å². The lowest BCUT2D eigenvalue weighted by molar-refractivity contribution is -0.139. The number of likely N-dealkylation sites (tertiary alicyclic amines) is 1. The highest BCUT2D eigenvalue weighted by molar-refractivity contribution is 5.78. The molecule has 2 aromatic carbocycles. The molecule has 1 heterocycles. The van der Waals surface area contributed by atoms with Crippen LogP contribution in [0.1, 0.15) is 38.7 Å². The third-order valence-electron chi connectivity index (χ3n) is 5.05. The maximum absolute atomic E-state index is 12.5. The van der Waals surface area contributed by atoms with Gasteiger partial charge in [-0.15, -0.1) is 0 Å². The van der Waals surface area contributed by atoms with Gasteiger partial charge in [0.2, 0.25) is 0 Å². The average Bonchev–Trinajstić information content (AvgIpc) is 2.67. The summed E-state index contributed by atoms with van der Waals surface area (Å²) in [5, 5.41) is 8.87. The lowest BCUT2D eigenvalue weighted by atomic mass is 9.97. The van der Waals surface area contributed by atoms with Crippen molar-refractivity contribution in [3.8, 4) is 22.9 Å². The molecule has 1 saturated heterocycles. The fraction of sp³-hybridized carbons (Fsp3) is 0.364. The van der Waals surface area contributed by atoms with Gasteiger partial charge in [-0.05, 0) is 68.5 Å². The normalized spacial score (nSPS) is 19.7. The van der Waals surface area contributed by atoms with Crippen molar-refractivity contribution in [2.75, 3.05) is 6.61 Å². The molecule has 0 aliphatic carbocycles. The van der Waals surface area contributed by atoms with Crippen LogP contribution in [0.4, 0.5) is 0 Å². The maximum Gasteiger partial charge on any atom is 0.260 e. The summed E-state index contributed by atoms with van der Waals surface area (Å²) in [6, 6.07) is 17.8. The van der Waals surface area contributed by atoms with Gasteiger partial charge in [0.15, 0.2) is 6.61 Å². The number of amides is 1. The van der Waals surface area contributed by atoms with E-state index in [0.29, 0.717) is 11.3 Å². The number of hydrogen-bond acceptors (Lipinski definition) is 3. The summed E-state index contributed by atoms with van der Waals surface area (Å²) in [6.45, 7) is 4.30. The van der Waals surface area contributed by atoms with Crippen molar-refractivity contribution in [1.29, 1.82) is 5.26 Å². The number of piperidine rings is 1. The van der Waals surface area contributed by atoms with Gasteiger partial charge in [-0.25, -0.2) is 0 Å². The van der Waals surface area contributed by atoms with E-state index in [2.05, 4.69) is 19.9 Å². The summed E-state index contributed by atoms with van der Waals surface area (Å²) in [6.07, 6.45) is 3.31. The highest BCUT2D eigenvalue weighted by Gasteiger charge is 2.28. The molecule has 0 aromatic heterocycles. The smallest absolute Gasteiger partial charge is 0.260 e. The Kier molecular flexibility index (Phi) is 5.58. The molecule has 1 fully saturated rings. The van der Waals surface area contributed by atoms with Crippen LogP contribution >= 0.6 is 0 Å². The minimum absolute atomic E-state index is 0.0564. The second-order valence-corrected chi connectivity index (χ2v) is 6.93. The minimum Gasteiger partial charge on any atom is -0.484 e. The van der Waals surface area contributed by atoms with Gasteiger partial charge in [0, 0.05) is 12.1 Å². The highest BCUT2D eigenvalue weighted by atomic mass is 16.5. The Labute approximate surface area is 155 Å². The summed E-state index contributed by atoms with van der Waals surface area (Å²) >= 11 is 0. The number of rotatable bonds is 4. The predicted molar refractivity (Wildman–Crippen MR) is 102 cm³/mol. The molecular weight excluding hydrogens is 324 g/mol. The van der Waals surface area contributed by atoms with E-state index in [1.54, 1.807) is 12.1 Å². The van der Waals surface area contributed by atoms with Crippen molar-refractivity contribution in [2.45, 2.75) is 45.2 Å². The van der Waals surface area contributed by atoms with E-state index < -0.39 is 0 Å². The van der Waals surface area contributed by atoms with E-state index in [1.807, 2.05) is 41.3 Å². The molecule has 2 atom stereocenters. The van der Waals surface area contributed by atoms with Gasteiger partial charge < -0.3 is 9.64 Å². The third kappa shape index (κ3) is 4.05. The molecule has 4 heteroatoms. The van der Waals surface area contributed by atoms with Gasteiger partial charge in [-0.2, -0.15) is 5.26 Å². The molecule has 0 saturated carbocycles. The number of carbonyl (C=O) groups excluding carboxylic acids is 1. The largest absolute Gasteiger partial charge is 0.484 e. The highest BCUT2D eigenvalue weighted by Crippen LogP contribution is 2.24. The second-order valence-electron chi connectivity index (χ2n) is 6.93. The van der Waals surface area contributed by atoms with Crippen molar-refractivity contribution in [2.24, 2.45) is 0 Å². The van der Waals surface area contributed by atoms with Crippen molar-refractivity contribution in [1.82, 2.24) is 4.90 Å². The van der Waals surface area contributed by atoms with Crippen LogP contribution in [0.5, 0.6) is 5.75 Å². The standard InChI is InChI=1S/C22H24N2O2/c1-16-4-3-5-17(2)24(16)22(25)15-26-21-12-10-20(11-13-21)19-8-6-18(14-23)7-9-19/h6-13,16-17H,3-5,15H2,1-2H3. The summed E-state index contributed by atoms with van der Waals surface area (Å²) in [4.78, 5) is 14.5. The van der Waals surface area contributed by atoms with Gasteiger partial charge in [-0.1, -0.05) is 24.3 Å². The molecule has 0 bridgehead atoms. The van der Waals surface area contributed by atoms with E-state index >= 15 is 0 Å². The molecule has 1 aliphatic rings. The third-order valence-corrected chi connectivity index (χ3v) is 5.05. The molecular formula is C22H24N2O2. The van der Waals surface area contributed by atoms with E-state index in [9.17, 15) is 4.79 Å². The number of ether oxygens (including phenoxy) is 1. The Morgan fingerprint density at radius 1 is 1.04 bits per heavy atom. The number of benzene rings is 2. The van der Waals surface area contributed by atoms with Gasteiger partial charge in [-0.3, -0.25) is 4.79 Å². The average molecular weight is 348 g/mol. The fourth-order valence-corrected chi connectivity index (χ4v) is 3.61. The SMILES string of the molecule is CC1CCCC(C)N1C(=O)COc1ccc(-c2ccc(C#N)cc2)cc1. The van der Waals surface area contributed by atoms with Crippen LogP contribution in [0.2, 0.25) is 0 Å². The Hall–Kier alpha value is -2.80. The van der Waals surface area contributed by atoms with Crippen molar-refractivity contribution < 1.29 is 9.53 Å². The summed E-state index contributed by atoms with van der Waals surface area (Å²) in [5.41, 5.74) is 2.74. The number of hydrogen-bond donors (Lipinski definition) is 0. The molecule has 134 valence electrons. The molecule has 3 rings (SSSR count). The van der Waals surface area contributed by atoms with Crippen LogP contribution in [-0.2, 0) is 4.79 Å². The molecule has 1 aliphatic heterocycles. The lowest BCUT2D eigenvalue weighted by Crippen LogP contribution is -2.49. The number of nitrogens with zero attached hydrogens (tertiary/aromatic N) is 2. The zero-order valence-electron chi connectivity index (χ0n) is 15.3. The molecule has 1 amide bonds. The van der Waals surface area contributed by atoms with Crippen LogP contribution in [0.3, 0.4) is 0 Å². The predicted octanol–water partition coefficient (Wildman–Crippen LogP) is 4.39. The van der Waals surface area contributed by atoms with E-state index in [-0.39, 0.29) is 24.6 Å². The van der Waals surface area contributed by atoms with Gasteiger partial charge in [0.25, 0.3) is 5.91 Å². The molecule has 0 N–H and O–H groups in total. The Morgan fingerprint density at radius 2 is 1.58 bits per heavy atom. The first kappa shape index (κ1) is 18.0. The summed E-state index contributed by atoms with van der Waals surface area (Å²) in [5.74, 6) is 0.744. The minimum atomic E-state index is 0.0564. The first-order chi connectivity index (χ1) is 12.6. The Bertz CT molecular complexity index is 780. The van der Waals surface area contributed by atoms with Gasteiger partial charge in [0.1, 0.15) is 5.75 Å². The van der Waals surface area contributed by atoms with Crippen LogP contribution in [0.25, 0.3) is 11.1 Å². The Balaban J connectivity index is 1.60. The zero-order chi connectivity index (χ0) is 18.5. The monoisotopic (exact) mass is 348 g/mol. The quantitative estimate of drug-likeness (QED) is 0.823. The summed E-state index contributed by atoms with van der Waals surface area (Å²) in [7, 11) is 0. The topological polar surface area (TPSA) is 53.3 Å². The Morgan fingerprint density at radius 3 is 2.12 bits per heavy atom. The van der Waals surface area contributed by atoms with Crippen LogP contribution < -0.4 is 4.74 Å². The molecule has 2 aromatic rings. The molecule has 2 unspecified atom stereocenters. The van der Waals surface area contributed by atoms with E-state index in [4.69, 9.17) is 10.00 Å². The van der Waals surface area contributed by atoms with Crippen LogP contribution in [0, 0.1) is 11.3 Å². The molecule has 4 nitrogen and oxygen atoms in total. The first-order valence-corrected chi connectivity index (χ1v) is 9.13. The van der Waals surface area contributed by atoms with E-state index in [1.165, 1.54) is 6.42 Å². The van der Waals surface area contributed by atoms with Crippen molar-refractivity contribution in [3.63, 3.8) is 0 Å².